The molecule has 2 N–H and O–H groups in total. The van der Waals surface area contributed by atoms with E-state index in [-0.39, 0.29) is 11.5 Å². The number of hydrogen-bond donors (Lipinski definition) is 2. The standard InChI is InChI=1S/C24H28N2O2/c1-2-17-3-5-18(6-4-17)13-19-9-11-26(12-10-19)16-24(28)22-15-25-23-8-7-20(27)14-21(22)23/h3-8,14-15,19,25,27H,2,9-13,16H2,1H3. The van der Waals surface area contributed by atoms with Crippen molar-refractivity contribution in [1.29, 1.82) is 0 Å². The molecular formula is C24H28N2O2. The number of hydrogen-bond acceptors (Lipinski definition) is 3. The molecule has 146 valence electrons. The zero-order valence-electron chi connectivity index (χ0n) is 16.4. The van der Waals surface area contributed by atoms with E-state index in [1.54, 1.807) is 24.4 Å². The quantitative estimate of drug-likeness (QED) is 0.620. The van der Waals surface area contributed by atoms with Crippen LogP contribution in [-0.4, -0.2) is 40.4 Å². The summed E-state index contributed by atoms with van der Waals surface area (Å²) < 4.78 is 0. The van der Waals surface area contributed by atoms with Crippen molar-refractivity contribution in [2.24, 2.45) is 5.92 Å². The van der Waals surface area contributed by atoms with Gasteiger partial charge in [-0.2, -0.15) is 0 Å². The number of phenolic OH excluding ortho intramolecular Hbond substituents is 1. The van der Waals surface area contributed by atoms with Crippen molar-refractivity contribution in [3.05, 3.63) is 65.4 Å². The summed E-state index contributed by atoms with van der Waals surface area (Å²) in [6.07, 6.45) is 6.25. The summed E-state index contributed by atoms with van der Waals surface area (Å²) in [5.74, 6) is 1.00. The number of nitrogens with zero attached hydrogens (tertiary/aromatic N) is 1. The first-order valence-electron chi connectivity index (χ1n) is 10.3. The number of ketones is 1. The van der Waals surface area contributed by atoms with E-state index in [0.717, 1.165) is 49.7 Å². The van der Waals surface area contributed by atoms with Gasteiger partial charge in [0, 0.05) is 22.7 Å². The number of carbonyl (C=O) groups excluding carboxylic acids is 1. The smallest absolute Gasteiger partial charge is 0.178 e. The third-order valence-electron chi connectivity index (χ3n) is 6.00. The molecule has 0 atom stereocenters. The number of carbonyl (C=O) groups is 1. The number of phenols is 1. The lowest BCUT2D eigenvalue weighted by atomic mass is 9.89. The first kappa shape index (κ1) is 18.8. The first-order valence-corrected chi connectivity index (χ1v) is 10.3. The van der Waals surface area contributed by atoms with Gasteiger partial charge in [-0.15, -0.1) is 0 Å². The number of nitrogens with one attached hydrogen (secondary N) is 1. The molecule has 0 saturated carbocycles. The number of Topliss-reactive ketones (excluding diaryl/α,β-unsaturated/α-hetero) is 1. The molecule has 0 radical (unpaired) electrons. The van der Waals surface area contributed by atoms with Gasteiger partial charge in [0.05, 0.1) is 6.54 Å². The second-order valence-corrected chi connectivity index (χ2v) is 7.95. The van der Waals surface area contributed by atoms with E-state index in [1.165, 1.54) is 11.1 Å². The molecule has 2 heterocycles. The lowest BCUT2D eigenvalue weighted by Crippen LogP contribution is -2.37. The van der Waals surface area contributed by atoms with E-state index in [2.05, 4.69) is 41.1 Å². The number of benzene rings is 2. The van der Waals surface area contributed by atoms with Crippen LogP contribution in [-0.2, 0) is 12.8 Å². The van der Waals surface area contributed by atoms with E-state index in [9.17, 15) is 9.90 Å². The van der Waals surface area contributed by atoms with E-state index in [1.807, 2.05) is 0 Å². The van der Waals surface area contributed by atoms with Crippen molar-refractivity contribution in [2.75, 3.05) is 19.6 Å². The van der Waals surface area contributed by atoms with Crippen molar-refractivity contribution in [3.63, 3.8) is 0 Å². The molecule has 1 aliphatic heterocycles. The minimum Gasteiger partial charge on any atom is -0.508 e. The molecule has 0 spiro atoms. The molecule has 0 aliphatic carbocycles. The number of aromatic hydroxyl groups is 1. The fourth-order valence-corrected chi connectivity index (χ4v) is 4.22. The molecule has 0 bridgehead atoms. The highest BCUT2D eigenvalue weighted by molar-refractivity contribution is 6.09. The summed E-state index contributed by atoms with van der Waals surface area (Å²) in [5, 5.41) is 10.5. The van der Waals surface area contributed by atoms with Gasteiger partial charge in [0.15, 0.2) is 5.78 Å². The largest absolute Gasteiger partial charge is 0.508 e. The number of piperidine rings is 1. The van der Waals surface area contributed by atoms with Gasteiger partial charge in [-0.1, -0.05) is 31.2 Å². The van der Waals surface area contributed by atoms with E-state index < -0.39 is 0 Å². The van der Waals surface area contributed by atoms with E-state index in [4.69, 9.17) is 0 Å². The number of rotatable bonds is 6. The maximum Gasteiger partial charge on any atom is 0.178 e. The number of aromatic nitrogens is 1. The van der Waals surface area contributed by atoms with E-state index in [0.29, 0.717) is 18.0 Å². The Kier molecular flexibility index (Phi) is 5.49. The number of aryl methyl sites for hydroxylation is 1. The first-order chi connectivity index (χ1) is 13.6. The van der Waals surface area contributed by atoms with Crippen LogP contribution >= 0.6 is 0 Å². The van der Waals surface area contributed by atoms with Crippen LogP contribution in [0.1, 0.15) is 41.3 Å². The topological polar surface area (TPSA) is 56.3 Å². The van der Waals surface area contributed by atoms with Gasteiger partial charge in [0.25, 0.3) is 0 Å². The third-order valence-corrected chi connectivity index (χ3v) is 6.00. The van der Waals surface area contributed by atoms with Crippen LogP contribution in [0.25, 0.3) is 10.9 Å². The molecule has 4 heteroatoms. The fourth-order valence-electron chi connectivity index (χ4n) is 4.22. The summed E-state index contributed by atoms with van der Waals surface area (Å²) in [5.41, 5.74) is 4.37. The zero-order chi connectivity index (χ0) is 19.5. The van der Waals surface area contributed by atoms with Gasteiger partial charge >= 0.3 is 0 Å². The zero-order valence-corrected chi connectivity index (χ0v) is 16.4. The Morgan fingerprint density at radius 2 is 1.82 bits per heavy atom. The molecule has 28 heavy (non-hydrogen) atoms. The van der Waals surface area contributed by atoms with Crippen LogP contribution in [0.4, 0.5) is 0 Å². The predicted octanol–water partition coefficient (Wildman–Crippen LogP) is 4.57. The summed E-state index contributed by atoms with van der Waals surface area (Å²) in [6, 6.07) is 14.1. The van der Waals surface area contributed by atoms with Crippen LogP contribution in [0.15, 0.2) is 48.7 Å². The molecule has 1 fully saturated rings. The number of aromatic amines is 1. The Morgan fingerprint density at radius 1 is 1.11 bits per heavy atom. The van der Waals surface area contributed by atoms with Crippen LogP contribution in [0.2, 0.25) is 0 Å². The van der Waals surface area contributed by atoms with Gasteiger partial charge in [-0.25, -0.2) is 0 Å². The van der Waals surface area contributed by atoms with Crippen molar-refractivity contribution in [1.82, 2.24) is 9.88 Å². The van der Waals surface area contributed by atoms with Crippen LogP contribution in [0.5, 0.6) is 5.75 Å². The Morgan fingerprint density at radius 3 is 2.54 bits per heavy atom. The molecule has 2 aromatic carbocycles. The third kappa shape index (κ3) is 4.12. The second-order valence-electron chi connectivity index (χ2n) is 7.95. The highest BCUT2D eigenvalue weighted by atomic mass is 16.3. The Labute approximate surface area is 166 Å². The second kappa shape index (κ2) is 8.19. The molecular weight excluding hydrogens is 348 g/mol. The molecule has 3 aromatic rings. The highest BCUT2D eigenvalue weighted by Crippen LogP contribution is 2.25. The normalized spacial score (nSPS) is 15.9. The Bertz CT molecular complexity index is 950. The fraction of sp³-hybridized carbons (Fsp3) is 0.375. The molecule has 1 aliphatic rings. The maximum absolute atomic E-state index is 12.8. The van der Waals surface area contributed by atoms with E-state index >= 15 is 0 Å². The predicted molar refractivity (Wildman–Crippen MR) is 113 cm³/mol. The van der Waals surface area contributed by atoms with Gasteiger partial charge in [0.1, 0.15) is 5.75 Å². The van der Waals surface area contributed by atoms with Crippen LogP contribution < -0.4 is 0 Å². The summed E-state index contributed by atoms with van der Waals surface area (Å²) in [6.45, 7) is 4.57. The van der Waals surface area contributed by atoms with Crippen molar-refractivity contribution < 1.29 is 9.90 Å². The summed E-state index contributed by atoms with van der Waals surface area (Å²) in [7, 11) is 0. The minimum absolute atomic E-state index is 0.116. The SMILES string of the molecule is CCc1ccc(CC2CCN(CC(=O)c3c[nH]c4ccc(O)cc34)CC2)cc1. The number of H-pyrrole nitrogens is 1. The molecule has 4 rings (SSSR count). The van der Waals surface area contributed by atoms with Crippen molar-refractivity contribution in [3.8, 4) is 5.75 Å². The van der Waals surface area contributed by atoms with Crippen molar-refractivity contribution in [2.45, 2.75) is 32.6 Å². The van der Waals surface area contributed by atoms with Gasteiger partial charge in [-0.05, 0) is 74.0 Å². The molecule has 4 nitrogen and oxygen atoms in total. The summed E-state index contributed by atoms with van der Waals surface area (Å²) in [4.78, 5) is 18.2. The van der Waals surface area contributed by atoms with Crippen molar-refractivity contribution >= 4 is 16.7 Å². The summed E-state index contributed by atoms with van der Waals surface area (Å²) >= 11 is 0. The van der Waals surface area contributed by atoms with Gasteiger partial charge < -0.3 is 10.1 Å². The minimum atomic E-state index is 0.116. The lowest BCUT2D eigenvalue weighted by molar-refractivity contribution is 0.0897. The van der Waals surface area contributed by atoms with Gasteiger partial charge in [0.2, 0.25) is 0 Å². The maximum atomic E-state index is 12.8. The molecule has 0 unspecified atom stereocenters. The highest BCUT2D eigenvalue weighted by Gasteiger charge is 2.22. The number of fused-ring (bicyclic) bond motifs is 1. The number of likely N-dealkylation sites (tertiary alicyclic amines) is 1. The Hall–Kier alpha value is -2.59. The average molecular weight is 377 g/mol. The molecule has 0 amide bonds. The van der Waals surface area contributed by atoms with Gasteiger partial charge in [-0.3, -0.25) is 9.69 Å². The van der Waals surface area contributed by atoms with Crippen LogP contribution in [0.3, 0.4) is 0 Å². The monoisotopic (exact) mass is 376 g/mol. The lowest BCUT2D eigenvalue weighted by Gasteiger charge is -2.31. The molecule has 1 saturated heterocycles. The van der Waals surface area contributed by atoms with Crippen LogP contribution in [0, 0.1) is 5.92 Å². The Balaban J connectivity index is 1.32. The average Bonchev–Trinajstić information content (AvgIpc) is 3.13. The molecule has 1 aromatic heterocycles.